The molecular formula is C10H8BrNO2. The SMILES string of the molecule is CNc1ccc2oc(=O)ccc2c1Br. The highest BCUT2D eigenvalue weighted by molar-refractivity contribution is 9.10. The molecule has 0 atom stereocenters. The number of nitrogens with one attached hydrogen (secondary N) is 1. The van der Waals surface area contributed by atoms with Crippen molar-refractivity contribution in [2.24, 2.45) is 0 Å². The van der Waals surface area contributed by atoms with Crippen molar-refractivity contribution in [2.45, 2.75) is 0 Å². The predicted octanol–water partition coefficient (Wildman–Crippen LogP) is 2.60. The Labute approximate surface area is 88.9 Å². The quantitative estimate of drug-likeness (QED) is 0.795. The lowest BCUT2D eigenvalue weighted by atomic mass is 10.2. The average molecular weight is 254 g/mol. The molecule has 72 valence electrons. The van der Waals surface area contributed by atoms with Crippen LogP contribution in [-0.2, 0) is 0 Å². The van der Waals surface area contributed by atoms with Crippen molar-refractivity contribution in [2.75, 3.05) is 12.4 Å². The molecule has 1 aromatic carbocycles. The third-order valence-corrected chi connectivity index (χ3v) is 2.86. The van der Waals surface area contributed by atoms with Gasteiger partial charge in [-0.3, -0.25) is 0 Å². The maximum absolute atomic E-state index is 11.0. The molecule has 1 heterocycles. The van der Waals surface area contributed by atoms with Crippen molar-refractivity contribution < 1.29 is 4.42 Å². The van der Waals surface area contributed by atoms with Crippen LogP contribution >= 0.6 is 15.9 Å². The van der Waals surface area contributed by atoms with Crippen LogP contribution in [0.2, 0.25) is 0 Å². The fourth-order valence-corrected chi connectivity index (χ4v) is 1.96. The van der Waals surface area contributed by atoms with E-state index in [1.165, 1.54) is 6.07 Å². The van der Waals surface area contributed by atoms with Crippen LogP contribution in [0.25, 0.3) is 11.0 Å². The highest BCUT2D eigenvalue weighted by atomic mass is 79.9. The molecule has 1 aromatic heterocycles. The molecular weight excluding hydrogens is 246 g/mol. The molecule has 0 bridgehead atoms. The molecule has 0 amide bonds. The van der Waals surface area contributed by atoms with Gasteiger partial charge in [0.15, 0.2) is 0 Å². The van der Waals surface area contributed by atoms with E-state index in [9.17, 15) is 4.79 Å². The molecule has 3 nitrogen and oxygen atoms in total. The molecule has 0 saturated heterocycles. The Kier molecular flexibility index (Phi) is 2.29. The minimum absolute atomic E-state index is 0.332. The molecule has 0 spiro atoms. The van der Waals surface area contributed by atoms with E-state index in [0.29, 0.717) is 5.58 Å². The maximum atomic E-state index is 11.0. The number of benzene rings is 1. The maximum Gasteiger partial charge on any atom is 0.336 e. The van der Waals surface area contributed by atoms with Crippen molar-refractivity contribution in [3.63, 3.8) is 0 Å². The first-order valence-electron chi connectivity index (χ1n) is 4.12. The van der Waals surface area contributed by atoms with Gasteiger partial charge in [0.2, 0.25) is 0 Å². The van der Waals surface area contributed by atoms with Crippen LogP contribution in [-0.4, -0.2) is 7.05 Å². The van der Waals surface area contributed by atoms with Crippen LogP contribution in [0.1, 0.15) is 0 Å². The normalized spacial score (nSPS) is 10.4. The van der Waals surface area contributed by atoms with Gasteiger partial charge < -0.3 is 9.73 Å². The van der Waals surface area contributed by atoms with Crippen molar-refractivity contribution >= 4 is 32.6 Å². The van der Waals surface area contributed by atoms with Gasteiger partial charge in [0, 0.05) is 24.2 Å². The monoisotopic (exact) mass is 253 g/mol. The van der Waals surface area contributed by atoms with E-state index in [-0.39, 0.29) is 5.63 Å². The summed E-state index contributed by atoms with van der Waals surface area (Å²) in [6.07, 6.45) is 0. The molecule has 0 fully saturated rings. The lowest BCUT2D eigenvalue weighted by Gasteiger charge is -2.05. The zero-order chi connectivity index (χ0) is 10.1. The Morgan fingerprint density at radius 3 is 2.79 bits per heavy atom. The molecule has 14 heavy (non-hydrogen) atoms. The first-order valence-corrected chi connectivity index (χ1v) is 4.92. The zero-order valence-corrected chi connectivity index (χ0v) is 9.09. The van der Waals surface area contributed by atoms with E-state index < -0.39 is 0 Å². The van der Waals surface area contributed by atoms with Gasteiger partial charge in [-0.1, -0.05) is 0 Å². The molecule has 0 unspecified atom stereocenters. The van der Waals surface area contributed by atoms with Gasteiger partial charge in [-0.2, -0.15) is 0 Å². The second-order valence-corrected chi connectivity index (χ2v) is 3.64. The van der Waals surface area contributed by atoms with Crippen LogP contribution in [0.4, 0.5) is 5.69 Å². The number of halogens is 1. The summed E-state index contributed by atoms with van der Waals surface area (Å²) in [7, 11) is 1.84. The zero-order valence-electron chi connectivity index (χ0n) is 7.50. The van der Waals surface area contributed by atoms with Crippen LogP contribution in [0, 0.1) is 0 Å². The van der Waals surface area contributed by atoms with Crippen LogP contribution in [0.15, 0.2) is 37.9 Å². The standard InChI is InChI=1S/C10H8BrNO2/c1-12-7-3-4-8-6(10(7)11)2-5-9(13)14-8/h2-5,12H,1H3. The Morgan fingerprint density at radius 1 is 1.29 bits per heavy atom. The molecule has 2 aromatic rings. The summed E-state index contributed by atoms with van der Waals surface area (Å²) in [6.45, 7) is 0. The van der Waals surface area contributed by atoms with Gasteiger partial charge in [-0.25, -0.2) is 4.79 Å². The smallest absolute Gasteiger partial charge is 0.336 e. The summed E-state index contributed by atoms with van der Waals surface area (Å²) in [5, 5.41) is 3.92. The molecule has 0 aliphatic heterocycles. The Bertz CT molecular complexity index is 533. The Balaban J connectivity index is 2.84. The predicted molar refractivity (Wildman–Crippen MR) is 59.7 cm³/mol. The first-order chi connectivity index (χ1) is 6.72. The lowest BCUT2D eigenvalue weighted by Crippen LogP contribution is -1.96. The largest absolute Gasteiger partial charge is 0.423 e. The van der Waals surface area contributed by atoms with E-state index in [0.717, 1.165) is 15.5 Å². The number of rotatable bonds is 1. The van der Waals surface area contributed by atoms with E-state index >= 15 is 0 Å². The van der Waals surface area contributed by atoms with Crippen LogP contribution < -0.4 is 10.9 Å². The van der Waals surface area contributed by atoms with E-state index in [1.807, 2.05) is 13.1 Å². The molecule has 0 radical (unpaired) electrons. The van der Waals surface area contributed by atoms with E-state index in [2.05, 4.69) is 21.2 Å². The summed E-state index contributed by atoms with van der Waals surface area (Å²) in [5.41, 5.74) is 1.22. The van der Waals surface area contributed by atoms with Crippen molar-refractivity contribution in [1.82, 2.24) is 0 Å². The van der Waals surface area contributed by atoms with E-state index in [4.69, 9.17) is 4.42 Å². The summed E-state index contributed by atoms with van der Waals surface area (Å²) in [4.78, 5) is 11.0. The third-order valence-electron chi connectivity index (χ3n) is 2.01. The number of hydrogen-bond acceptors (Lipinski definition) is 3. The lowest BCUT2D eigenvalue weighted by molar-refractivity contribution is 0.561. The van der Waals surface area contributed by atoms with Gasteiger partial charge >= 0.3 is 5.63 Å². The summed E-state index contributed by atoms with van der Waals surface area (Å²) >= 11 is 3.44. The highest BCUT2D eigenvalue weighted by Crippen LogP contribution is 2.30. The van der Waals surface area contributed by atoms with Gasteiger partial charge in [-0.05, 0) is 34.1 Å². The second kappa shape index (κ2) is 3.46. The van der Waals surface area contributed by atoms with Crippen molar-refractivity contribution in [3.05, 3.63) is 39.2 Å². The van der Waals surface area contributed by atoms with Crippen molar-refractivity contribution in [1.29, 1.82) is 0 Å². The number of fused-ring (bicyclic) bond motifs is 1. The second-order valence-electron chi connectivity index (χ2n) is 2.84. The van der Waals surface area contributed by atoms with Crippen LogP contribution in [0.5, 0.6) is 0 Å². The molecule has 2 rings (SSSR count). The molecule has 0 aliphatic rings. The highest BCUT2D eigenvalue weighted by Gasteiger charge is 2.05. The van der Waals surface area contributed by atoms with Crippen LogP contribution in [0.3, 0.4) is 0 Å². The first kappa shape index (κ1) is 9.27. The minimum atomic E-state index is -0.332. The summed E-state index contributed by atoms with van der Waals surface area (Å²) in [6, 6.07) is 6.78. The van der Waals surface area contributed by atoms with E-state index in [1.54, 1.807) is 12.1 Å². The molecule has 4 heteroatoms. The van der Waals surface area contributed by atoms with Crippen molar-refractivity contribution in [3.8, 4) is 0 Å². The number of hydrogen-bond donors (Lipinski definition) is 1. The van der Waals surface area contributed by atoms with Gasteiger partial charge in [0.25, 0.3) is 0 Å². The topological polar surface area (TPSA) is 42.2 Å². The Hall–Kier alpha value is -1.29. The fourth-order valence-electron chi connectivity index (χ4n) is 1.31. The van der Waals surface area contributed by atoms with Gasteiger partial charge in [0.05, 0.1) is 4.47 Å². The summed E-state index contributed by atoms with van der Waals surface area (Å²) in [5.74, 6) is 0. The number of anilines is 1. The summed E-state index contributed by atoms with van der Waals surface area (Å²) < 4.78 is 5.93. The Morgan fingerprint density at radius 2 is 2.07 bits per heavy atom. The average Bonchev–Trinajstić information content (AvgIpc) is 2.18. The van der Waals surface area contributed by atoms with Gasteiger partial charge in [0.1, 0.15) is 5.58 Å². The fraction of sp³-hybridized carbons (Fsp3) is 0.100. The minimum Gasteiger partial charge on any atom is -0.423 e. The molecule has 0 aliphatic carbocycles. The molecule has 0 saturated carbocycles. The molecule has 1 N–H and O–H groups in total. The van der Waals surface area contributed by atoms with Gasteiger partial charge in [-0.15, -0.1) is 0 Å². The third kappa shape index (κ3) is 1.42.